The molecule has 0 aliphatic heterocycles. The molecular formula is C20H22ClNO2. The van der Waals surface area contributed by atoms with Gasteiger partial charge in [-0.2, -0.15) is 0 Å². The maximum Gasteiger partial charge on any atom is 0.220 e. The summed E-state index contributed by atoms with van der Waals surface area (Å²) < 4.78 is 0. The lowest BCUT2D eigenvalue weighted by Crippen LogP contribution is -2.33. The zero-order valence-electron chi connectivity index (χ0n) is 13.8. The quantitative estimate of drug-likeness (QED) is 0.720. The number of ketones is 1. The lowest BCUT2D eigenvalue weighted by molar-refractivity contribution is -0.121. The van der Waals surface area contributed by atoms with Crippen molar-refractivity contribution in [3.05, 3.63) is 70.7 Å². The molecular weight excluding hydrogens is 322 g/mol. The summed E-state index contributed by atoms with van der Waals surface area (Å²) in [4.78, 5) is 24.0. The highest BCUT2D eigenvalue weighted by Crippen LogP contribution is 2.12. The van der Waals surface area contributed by atoms with E-state index in [0.29, 0.717) is 10.6 Å². The number of benzene rings is 2. The predicted molar refractivity (Wildman–Crippen MR) is 97.4 cm³/mol. The summed E-state index contributed by atoms with van der Waals surface area (Å²) >= 11 is 5.80. The van der Waals surface area contributed by atoms with Gasteiger partial charge in [0.25, 0.3) is 0 Å². The van der Waals surface area contributed by atoms with Gasteiger partial charge in [0.2, 0.25) is 5.91 Å². The lowest BCUT2D eigenvalue weighted by atomic mass is 10.0. The fraction of sp³-hybridized carbons (Fsp3) is 0.300. The Kier molecular flexibility index (Phi) is 7.01. The molecule has 0 aromatic heterocycles. The first-order valence-electron chi connectivity index (χ1n) is 8.16. The highest BCUT2D eigenvalue weighted by Gasteiger charge is 2.11. The van der Waals surface area contributed by atoms with Gasteiger partial charge in [0.05, 0.1) is 0 Å². The number of carbonyl (C=O) groups excluding carboxylic acids is 2. The van der Waals surface area contributed by atoms with Crippen LogP contribution in [0.4, 0.5) is 0 Å². The highest BCUT2D eigenvalue weighted by atomic mass is 35.5. The number of Topliss-reactive ketones (excluding diaryl/α,β-unsaturated/α-hetero) is 1. The van der Waals surface area contributed by atoms with Gasteiger partial charge in [0.15, 0.2) is 5.78 Å². The molecule has 0 spiro atoms. The Morgan fingerprint density at radius 3 is 2.33 bits per heavy atom. The van der Waals surface area contributed by atoms with Gasteiger partial charge in [-0.05, 0) is 49.6 Å². The van der Waals surface area contributed by atoms with E-state index in [2.05, 4.69) is 17.4 Å². The van der Waals surface area contributed by atoms with Crippen molar-refractivity contribution in [2.75, 3.05) is 0 Å². The summed E-state index contributed by atoms with van der Waals surface area (Å²) in [6.07, 6.45) is 2.21. The number of halogens is 1. The second-order valence-electron chi connectivity index (χ2n) is 5.92. The van der Waals surface area contributed by atoms with Crippen molar-refractivity contribution in [1.29, 1.82) is 0 Å². The van der Waals surface area contributed by atoms with E-state index in [9.17, 15) is 9.59 Å². The first-order valence-corrected chi connectivity index (χ1v) is 8.54. The monoisotopic (exact) mass is 343 g/mol. The van der Waals surface area contributed by atoms with Gasteiger partial charge in [-0.15, -0.1) is 0 Å². The summed E-state index contributed by atoms with van der Waals surface area (Å²) in [6, 6.07) is 17.0. The predicted octanol–water partition coefficient (Wildman–Crippen LogP) is 4.44. The van der Waals surface area contributed by atoms with E-state index >= 15 is 0 Å². The standard InChI is InChI=1S/C20H22ClNO2/c1-15(7-8-16-5-3-2-4-6-16)22-20(24)14-13-19(23)17-9-11-18(21)12-10-17/h2-6,9-12,15H,7-8,13-14H2,1H3,(H,22,24). The van der Waals surface area contributed by atoms with Crippen LogP contribution in [-0.2, 0) is 11.2 Å². The third-order valence-corrected chi connectivity index (χ3v) is 4.11. The SMILES string of the molecule is CC(CCc1ccccc1)NC(=O)CCC(=O)c1ccc(Cl)cc1. The van der Waals surface area contributed by atoms with Crippen LogP contribution in [0.3, 0.4) is 0 Å². The molecule has 2 aromatic carbocycles. The Morgan fingerprint density at radius 2 is 1.67 bits per heavy atom. The van der Waals surface area contributed by atoms with Gasteiger partial charge in [-0.1, -0.05) is 41.9 Å². The first kappa shape index (κ1) is 18.2. The molecule has 4 heteroatoms. The molecule has 1 unspecified atom stereocenters. The third-order valence-electron chi connectivity index (χ3n) is 3.86. The topological polar surface area (TPSA) is 46.2 Å². The van der Waals surface area contributed by atoms with Crippen LogP contribution >= 0.6 is 11.6 Å². The number of amides is 1. The van der Waals surface area contributed by atoms with Crippen LogP contribution in [0.5, 0.6) is 0 Å². The van der Waals surface area contributed by atoms with Gasteiger partial charge in [-0.25, -0.2) is 0 Å². The molecule has 0 aliphatic carbocycles. The Labute approximate surface area is 148 Å². The maximum absolute atomic E-state index is 12.0. The normalized spacial score (nSPS) is 11.8. The maximum atomic E-state index is 12.0. The summed E-state index contributed by atoms with van der Waals surface area (Å²) in [5, 5.41) is 3.55. The molecule has 2 rings (SSSR count). The molecule has 0 radical (unpaired) electrons. The van der Waals surface area contributed by atoms with Crippen LogP contribution in [0.2, 0.25) is 5.02 Å². The molecule has 126 valence electrons. The minimum atomic E-state index is -0.0853. The molecule has 0 heterocycles. The van der Waals surface area contributed by atoms with Crippen molar-refractivity contribution in [2.24, 2.45) is 0 Å². The molecule has 1 amide bonds. The smallest absolute Gasteiger partial charge is 0.220 e. The average molecular weight is 344 g/mol. The van der Waals surface area contributed by atoms with Crippen LogP contribution in [0.15, 0.2) is 54.6 Å². The molecule has 0 aliphatic rings. The number of carbonyl (C=O) groups is 2. The molecule has 1 N–H and O–H groups in total. The zero-order chi connectivity index (χ0) is 17.4. The number of rotatable bonds is 8. The second kappa shape index (κ2) is 9.24. The van der Waals surface area contributed by atoms with Crippen LogP contribution in [0.25, 0.3) is 0 Å². The van der Waals surface area contributed by atoms with Crippen LogP contribution in [0, 0.1) is 0 Å². The molecule has 0 fully saturated rings. The summed E-state index contributed by atoms with van der Waals surface area (Å²) in [5.41, 5.74) is 1.85. The minimum Gasteiger partial charge on any atom is -0.354 e. The zero-order valence-corrected chi connectivity index (χ0v) is 14.6. The first-order chi connectivity index (χ1) is 11.5. The Morgan fingerprint density at radius 1 is 1.00 bits per heavy atom. The Hall–Kier alpha value is -2.13. The Balaban J connectivity index is 1.70. The van der Waals surface area contributed by atoms with Gasteiger partial charge in [0.1, 0.15) is 0 Å². The van der Waals surface area contributed by atoms with E-state index in [-0.39, 0.29) is 30.6 Å². The van der Waals surface area contributed by atoms with Crippen molar-refractivity contribution in [1.82, 2.24) is 5.32 Å². The molecule has 2 aromatic rings. The number of hydrogen-bond donors (Lipinski definition) is 1. The van der Waals surface area contributed by atoms with Crippen molar-refractivity contribution in [3.8, 4) is 0 Å². The number of aryl methyl sites for hydroxylation is 1. The van der Waals surface area contributed by atoms with E-state index in [4.69, 9.17) is 11.6 Å². The van der Waals surface area contributed by atoms with Crippen LogP contribution in [0.1, 0.15) is 42.1 Å². The van der Waals surface area contributed by atoms with Crippen molar-refractivity contribution >= 4 is 23.3 Å². The molecule has 0 saturated heterocycles. The molecule has 24 heavy (non-hydrogen) atoms. The number of hydrogen-bond acceptors (Lipinski definition) is 2. The van der Waals surface area contributed by atoms with Gasteiger partial charge in [0, 0.05) is 29.5 Å². The fourth-order valence-corrected chi connectivity index (χ4v) is 2.58. The van der Waals surface area contributed by atoms with Crippen molar-refractivity contribution < 1.29 is 9.59 Å². The van der Waals surface area contributed by atoms with Crippen molar-refractivity contribution in [3.63, 3.8) is 0 Å². The summed E-state index contributed by atoms with van der Waals surface area (Å²) in [5.74, 6) is -0.128. The van der Waals surface area contributed by atoms with E-state index in [1.165, 1.54) is 5.56 Å². The summed E-state index contributed by atoms with van der Waals surface area (Å²) in [7, 11) is 0. The fourth-order valence-electron chi connectivity index (χ4n) is 2.45. The third kappa shape index (κ3) is 6.17. The van der Waals surface area contributed by atoms with E-state index in [0.717, 1.165) is 12.8 Å². The molecule has 3 nitrogen and oxygen atoms in total. The second-order valence-corrected chi connectivity index (χ2v) is 6.36. The lowest BCUT2D eigenvalue weighted by Gasteiger charge is -2.13. The van der Waals surface area contributed by atoms with Gasteiger partial charge >= 0.3 is 0 Å². The minimum absolute atomic E-state index is 0.0428. The van der Waals surface area contributed by atoms with E-state index in [1.807, 2.05) is 25.1 Å². The Bertz CT molecular complexity index is 668. The van der Waals surface area contributed by atoms with Gasteiger partial charge in [-0.3, -0.25) is 9.59 Å². The molecule has 0 saturated carbocycles. The van der Waals surface area contributed by atoms with Gasteiger partial charge < -0.3 is 5.32 Å². The molecule has 0 bridgehead atoms. The van der Waals surface area contributed by atoms with E-state index in [1.54, 1.807) is 24.3 Å². The van der Waals surface area contributed by atoms with Crippen LogP contribution in [-0.4, -0.2) is 17.7 Å². The van der Waals surface area contributed by atoms with Crippen molar-refractivity contribution in [2.45, 2.75) is 38.6 Å². The van der Waals surface area contributed by atoms with E-state index < -0.39 is 0 Å². The summed E-state index contributed by atoms with van der Waals surface area (Å²) in [6.45, 7) is 1.99. The highest BCUT2D eigenvalue weighted by molar-refractivity contribution is 6.30. The average Bonchev–Trinajstić information content (AvgIpc) is 2.59. The largest absolute Gasteiger partial charge is 0.354 e. The molecule has 1 atom stereocenters. The van der Waals surface area contributed by atoms with Crippen LogP contribution < -0.4 is 5.32 Å². The number of nitrogens with one attached hydrogen (secondary N) is 1.